The fraction of sp³-hybridized carbons (Fsp3) is 0.833. The van der Waals surface area contributed by atoms with Gasteiger partial charge in [0, 0.05) is 13.1 Å². The molecule has 17 heavy (non-hydrogen) atoms. The molecule has 2 aliphatic heterocycles. The zero-order valence-electron chi connectivity index (χ0n) is 10.3. The van der Waals surface area contributed by atoms with Gasteiger partial charge in [-0.2, -0.15) is 0 Å². The monoisotopic (exact) mass is 239 g/mol. The third kappa shape index (κ3) is 2.60. The van der Waals surface area contributed by atoms with Gasteiger partial charge in [0.15, 0.2) is 0 Å². The molecule has 3 N–H and O–H groups in total. The first kappa shape index (κ1) is 12.4. The van der Waals surface area contributed by atoms with Crippen molar-refractivity contribution in [3.05, 3.63) is 0 Å². The molecule has 0 radical (unpaired) electrons. The highest BCUT2D eigenvalue weighted by Crippen LogP contribution is 2.24. The first-order chi connectivity index (χ1) is 8.09. The molecule has 0 saturated carbocycles. The van der Waals surface area contributed by atoms with Gasteiger partial charge in [-0.05, 0) is 31.7 Å². The van der Waals surface area contributed by atoms with Crippen molar-refractivity contribution < 1.29 is 9.59 Å². The second kappa shape index (κ2) is 5.04. The van der Waals surface area contributed by atoms with Crippen LogP contribution in [0, 0.1) is 11.8 Å². The van der Waals surface area contributed by atoms with Crippen molar-refractivity contribution in [2.24, 2.45) is 17.6 Å². The minimum atomic E-state index is -0.375. The van der Waals surface area contributed by atoms with E-state index in [1.165, 1.54) is 0 Å². The summed E-state index contributed by atoms with van der Waals surface area (Å²) in [5.74, 6) is 0.268. The molecule has 2 rings (SSSR count). The van der Waals surface area contributed by atoms with Crippen LogP contribution < -0.4 is 11.1 Å². The zero-order valence-corrected chi connectivity index (χ0v) is 10.3. The number of carbonyl (C=O) groups is 2. The maximum atomic E-state index is 12.3. The van der Waals surface area contributed by atoms with Gasteiger partial charge in [-0.25, -0.2) is 0 Å². The lowest BCUT2D eigenvalue weighted by Crippen LogP contribution is -2.50. The molecule has 96 valence electrons. The quantitative estimate of drug-likeness (QED) is 0.695. The van der Waals surface area contributed by atoms with Crippen molar-refractivity contribution in [1.82, 2.24) is 10.2 Å². The van der Waals surface area contributed by atoms with Crippen LogP contribution in [0.4, 0.5) is 0 Å². The third-order valence-electron chi connectivity index (χ3n) is 3.78. The van der Waals surface area contributed by atoms with Gasteiger partial charge >= 0.3 is 0 Å². The molecule has 3 atom stereocenters. The van der Waals surface area contributed by atoms with Gasteiger partial charge in [-0.3, -0.25) is 9.59 Å². The van der Waals surface area contributed by atoms with Gasteiger partial charge in [-0.1, -0.05) is 6.92 Å². The smallest absolute Gasteiger partial charge is 0.240 e. The lowest BCUT2D eigenvalue weighted by Gasteiger charge is -2.32. The fourth-order valence-electron chi connectivity index (χ4n) is 2.91. The number of carbonyl (C=O) groups excluding carboxylic acids is 2. The Balaban J connectivity index is 2.01. The summed E-state index contributed by atoms with van der Waals surface area (Å²) >= 11 is 0. The van der Waals surface area contributed by atoms with Gasteiger partial charge in [0.25, 0.3) is 0 Å². The van der Waals surface area contributed by atoms with Crippen molar-refractivity contribution >= 4 is 11.8 Å². The van der Waals surface area contributed by atoms with Crippen molar-refractivity contribution in [1.29, 1.82) is 0 Å². The van der Waals surface area contributed by atoms with Gasteiger partial charge in [0.2, 0.25) is 11.8 Å². The molecule has 2 fully saturated rings. The number of likely N-dealkylation sites (tertiary alicyclic amines) is 1. The molecular weight excluding hydrogens is 218 g/mol. The van der Waals surface area contributed by atoms with Crippen LogP contribution >= 0.6 is 0 Å². The van der Waals surface area contributed by atoms with Crippen LogP contribution in [0.15, 0.2) is 0 Å². The van der Waals surface area contributed by atoms with Crippen molar-refractivity contribution in [2.75, 3.05) is 19.6 Å². The van der Waals surface area contributed by atoms with Crippen LogP contribution in [0.2, 0.25) is 0 Å². The van der Waals surface area contributed by atoms with E-state index >= 15 is 0 Å². The predicted octanol–water partition coefficient (Wildman–Crippen LogP) is -0.292. The number of nitrogens with zero attached hydrogens (tertiary/aromatic N) is 1. The second-order valence-corrected chi connectivity index (χ2v) is 5.29. The van der Waals surface area contributed by atoms with E-state index in [0.29, 0.717) is 12.5 Å². The van der Waals surface area contributed by atoms with E-state index in [1.54, 1.807) is 4.90 Å². The largest absolute Gasteiger partial charge is 0.368 e. The van der Waals surface area contributed by atoms with E-state index < -0.39 is 0 Å². The third-order valence-corrected chi connectivity index (χ3v) is 3.78. The molecule has 0 aromatic carbocycles. The van der Waals surface area contributed by atoms with E-state index in [2.05, 4.69) is 12.2 Å². The molecule has 5 heteroatoms. The molecular formula is C12H21N3O2. The standard InChI is InChI=1S/C12H21N3O2/c1-8-5-9(7-14-6-8)12(17)15-4-2-3-10(15)11(13)16/h8-10,14H,2-7H2,1H3,(H2,13,16). The van der Waals surface area contributed by atoms with Crippen molar-refractivity contribution in [2.45, 2.75) is 32.2 Å². The van der Waals surface area contributed by atoms with Gasteiger partial charge in [0.1, 0.15) is 6.04 Å². The van der Waals surface area contributed by atoms with Gasteiger partial charge in [-0.15, -0.1) is 0 Å². The number of hydrogen-bond donors (Lipinski definition) is 2. The summed E-state index contributed by atoms with van der Waals surface area (Å²) in [5.41, 5.74) is 5.33. The van der Waals surface area contributed by atoms with Crippen molar-refractivity contribution in [3.8, 4) is 0 Å². The number of primary amides is 1. The zero-order chi connectivity index (χ0) is 12.4. The van der Waals surface area contributed by atoms with Gasteiger partial charge < -0.3 is 16.0 Å². The minimum absolute atomic E-state index is 0.0127. The summed E-state index contributed by atoms with van der Waals surface area (Å²) in [6.07, 6.45) is 2.51. The summed E-state index contributed by atoms with van der Waals surface area (Å²) < 4.78 is 0. The number of amides is 2. The average Bonchev–Trinajstić information content (AvgIpc) is 2.77. The molecule has 2 heterocycles. The van der Waals surface area contributed by atoms with E-state index in [1.807, 2.05) is 0 Å². The number of rotatable bonds is 2. The Morgan fingerprint density at radius 3 is 2.76 bits per heavy atom. The molecule has 5 nitrogen and oxygen atoms in total. The Hall–Kier alpha value is -1.10. The summed E-state index contributed by atoms with van der Waals surface area (Å²) in [4.78, 5) is 25.3. The second-order valence-electron chi connectivity index (χ2n) is 5.29. The predicted molar refractivity (Wildman–Crippen MR) is 64.1 cm³/mol. The van der Waals surface area contributed by atoms with Crippen LogP contribution in [-0.4, -0.2) is 42.4 Å². The highest BCUT2D eigenvalue weighted by Gasteiger charge is 2.37. The van der Waals surface area contributed by atoms with E-state index in [0.717, 1.165) is 32.4 Å². The molecule has 0 spiro atoms. The lowest BCUT2D eigenvalue weighted by atomic mass is 9.90. The molecule has 2 saturated heterocycles. The number of nitrogens with two attached hydrogens (primary N) is 1. The molecule has 2 aliphatic rings. The molecule has 3 unspecified atom stereocenters. The minimum Gasteiger partial charge on any atom is -0.368 e. The van der Waals surface area contributed by atoms with Crippen LogP contribution in [-0.2, 0) is 9.59 Å². The van der Waals surface area contributed by atoms with E-state index in [4.69, 9.17) is 5.73 Å². The van der Waals surface area contributed by atoms with E-state index in [9.17, 15) is 9.59 Å². The number of hydrogen-bond acceptors (Lipinski definition) is 3. The highest BCUT2D eigenvalue weighted by molar-refractivity contribution is 5.88. The molecule has 0 aliphatic carbocycles. The Kier molecular flexibility index (Phi) is 3.66. The van der Waals surface area contributed by atoms with Crippen LogP contribution in [0.25, 0.3) is 0 Å². The maximum Gasteiger partial charge on any atom is 0.240 e. The Morgan fingerprint density at radius 1 is 1.35 bits per heavy atom. The Bertz CT molecular complexity index is 319. The molecule has 0 bridgehead atoms. The topological polar surface area (TPSA) is 75.4 Å². The number of piperidine rings is 1. The van der Waals surface area contributed by atoms with Crippen molar-refractivity contribution in [3.63, 3.8) is 0 Å². The summed E-state index contributed by atoms with van der Waals surface area (Å²) in [6.45, 7) is 4.52. The summed E-state index contributed by atoms with van der Waals surface area (Å²) in [7, 11) is 0. The first-order valence-electron chi connectivity index (χ1n) is 6.40. The Labute approximate surface area is 102 Å². The first-order valence-corrected chi connectivity index (χ1v) is 6.40. The highest BCUT2D eigenvalue weighted by atomic mass is 16.2. The van der Waals surface area contributed by atoms with Crippen LogP contribution in [0.5, 0.6) is 0 Å². The van der Waals surface area contributed by atoms with E-state index in [-0.39, 0.29) is 23.8 Å². The molecule has 0 aromatic heterocycles. The summed E-state index contributed by atoms with van der Waals surface area (Å²) in [5, 5.41) is 3.27. The van der Waals surface area contributed by atoms with Gasteiger partial charge in [0.05, 0.1) is 5.92 Å². The van der Waals surface area contributed by atoms with Crippen LogP contribution in [0.1, 0.15) is 26.2 Å². The Morgan fingerprint density at radius 2 is 2.12 bits per heavy atom. The van der Waals surface area contributed by atoms with Crippen LogP contribution in [0.3, 0.4) is 0 Å². The molecule has 2 amide bonds. The summed E-state index contributed by atoms with van der Waals surface area (Å²) in [6, 6.07) is -0.375. The maximum absolute atomic E-state index is 12.3. The molecule has 0 aromatic rings. The fourth-order valence-corrected chi connectivity index (χ4v) is 2.91. The SMILES string of the molecule is CC1CNCC(C(=O)N2CCCC2C(N)=O)C1. The average molecular weight is 239 g/mol. The number of nitrogens with one attached hydrogen (secondary N) is 1. The lowest BCUT2D eigenvalue weighted by molar-refractivity contribution is -0.141. The normalized spacial score (nSPS) is 33.7.